The minimum atomic E-state index is -3.72. The van der Waals surface area contributed by atoms with Crippen molar-refractivity contribution < 1.29 is 17.3 Å². The summed E-state index contributed by atoms with van der Waals surface area (Å²) in [6.45, 7) is 3.84. The van der Waals surface area contributed by atoms with Crippen LogP contribution in [0.15, 0.2) is 40.1 Å². The third kappa shape index (κ3) is 3.29. The molecule has 2 aromatic heterocycles. The summed E-state index contributed by atoms with van der Waals surface area (Å²) >= 11 is 0. The van der Waals surface area contributed by atoms with Gasteiger partial charge < -0.3 is 4.52 Å². The Bertz CT molecular complexity index is 1130. The molecule has 0 spiro atoms. The molecule has 8 nitrogen and oxygen atoms in total. The molecule has 3 aromatic rings. The normalized spacial score (nSPS) is 17.9. The van der Waals surface area contributed by atoms with Crippen LogP contribution in [0.1, 0.15) is 29.5 Å². The van der Waals surface area contributed by atoms with E-state index >= 15 is 0 Å². The van der Waals surface area contributed by atoms with Gasteiger partial charge in [-0.1, -0.05) is 5.16 Å². The zero-order chi connectivity index (χ0) is 19.9. The van der Waals surface area contributed by atoms with Gasteiger partial charge in [-0.3, -0.25) is 0 Å². The van der Waals surface area contributed by atoms with Gasteiger partial charge in [0.1, 0.15) is 12.1 Å². The Hall–Kier alpha value is -2.72. The number of halogens is 1. The fraction of sp³-hybridized carbons (Fsp3) is 0.333. The zero-order valence-corrected chi connectivity index (χ0v) is 16.1. The van der Waals surface area contributed by atoms with Crippen molar-refractivity contribution in [1.82, 2.24) is 24.4 Å². The Labute approximate surface area is 161 Å². The molecule has 0 unspecified atom stereocenters. The quantitative estimate of drug-likeness (QED) is 0.659. The number of rotatable bonds is 4. The van der Waals surface area contributed by atoms with Gasteiger partial charge in [-0.05, 0) is 37.1 Å². The van der Waals surface area contributed by atoms with Crippen LogP contribution in [0.4, 0.5) is 4.39 Å². The molecule has 0 N–H and O–H groups in total. The number of aryl methyl sites for hydroxylation is 2. The summed E-state index contributed by atoms with van der Waals surface area (Å²) in [6.07, 6.45) is 3.62. The highest BCUT2D eigenvalue weighted by Crippen LogP contribution is 2.34. The number of nitrogens with zero attached hydrogens (tertiary/aromatic N) is 5. The second-order valence-corrected chi connectivity index (χ2v) is 8.66. The molecular formula is C18H18FN5O3S. The molecule has 1 aliphatic rings. The highest BCUT2D eigenvalue weighted by atomic mass is 32.2. The molecular weight excluding hydrogens is 385 g/mol. The van der Waals surface area contributed by atoms with Crippen molar-refractivity contribution in [3.8, 4) is 11.4 Å². The van der Waals surface area contributed by atoms with E-state index in [4.69, 9.17) is 4.52 Å². The minimum absolute atomic E-state index is 0.0868. The van der Waals surface area contributed by atoms with Gasteiger partial charge in [0.2, 0.25) is 21.7 Å². The van der Waals surface area contributed by atoms with E-state index in [0.29, 0.717) is 41.5 Å². The lowest BCUT2D eigenvalue weighted by Gasteiger charge is -2.17. The topological polar surface area (TPSA) is 102 Å². The average Bonchev–Trinajstić information content (AvgIpc) is 3.33. The number of hydrogen-bond acceptors (Lipinski definition) is 7. The summed E-state index contributed by atoms with van der Waals surface area (Å²) < 4.78 is 45.9. The van der Waals surface area contributed by atoms with Crippen LogP contribution >= 0.6 is 0 Å². The average molecular weight is 403 g/mol. The van der Waals surface area contributed by atoms with Gasteiger partial charge >= 0.3 is 0 Å². The lowest BCUT2D eigenvalue weighted by molar-refractivity contribution is 0.394. The predicted molar refractivity (Wildman–Crippen MR) is 97.3 cm³/mol. The van der Waals surface area contributed by atoms with E-state index in [0.717, 1.165) is 0 Å². The zero-order valence-electron chi connectivity index (χ0n) is 15.3. The molecule has 1 atom stereocenters. The molecule has 1 saturated heterocycles. The lowest BCUT2D eigenvalue weighted by Crippen LogP contribution is -2.29. The third-order valence-electron chi connectivity index (χ3n) is 4.82. The maximum Gasteiger partial charge on any atom is 0.243 e. The first-order chi connectivity index (χ1) is 13.4. The molecule has 0 radical (unpaired) electrons. The third-order valence-corrected chi connectivity index (χ3v) is 6.68. The van der Waals surface area contributed by atoms with Crippen molar-refractivity contribution in [3.05, 3.63) is 53.7 Å². The van der Waals surface area contributed by atoms with E-state index in [1.807, 2.05) is 0 Å². The van der Waals surface area contributed by atoms with Crippen molar-refractivity contribution in [2.75, 3.05) is 13.1 Å². The fourth-order valence-electron chi connectivity index (χ4n) is 3.34. The fourth-order valence-corrected chi connectivity index (χ4v) is 4.93. The molecule has 3 heterocycles. The Balaban J connectivity index is 1.62. The molecule has 1 aromatic carbocycles. The molecule has 0 saturated carbocycles. The van der Waals surface area contributed by atoms with Crippen molar-refractivity contribution in [2.24, 2.45) is 0 Å². The van der Waals surface area contributed by atoms with Crippen molar-refractivity contribution in [3.63, 3.8) is 0 Å². The molecule has 0 aliphatic carbocycles. The van der Waals surface area contributed by atoms with Crippen LogP contribution in [-0.2, 0) is 10.0 Å². The molecule has 1 aliphatic heterocycles. The number of aromatic nitrogens is 4. The first-order valence-corrected chi connectivity index (χ1v) is 10.2. The van der Waals surface area contributed by atoms with E-state index in [1.165, 1.54) is 28.8 Å². The summed E-state index contributed by atoms with van der Waals surface area (Å²) in [5.74, 6) is 0.239. The van der Waals surface area contributed by atoms with Crippen LogP contribution in [0.3, 0.4) is 0 Å². The van der Waals surface area contributed by atoms with Crippen LogP contribution < -0.4 is 0 Å². The summed E-state index contributed by atoms with van der Waals surface area (Å²) in [7, 11) is -3.72. The Morgan fingerprint density at radius 2 is 2.11 bits per heavy atom. The van der Waals surface area contributed by atoms with Crippen molar-refractivity contribution >= 4 is 10.0 Å². The maximum absolute atomic E-state index is 13.5. The second-order valence-electron chi connectivity index (χ2n) is 6.72. The van der Waals surface area contributed by atoms with Gasteiger partial charge in [0.05, 0.1) is 16.2 Å². The van der Waals surface area contributed by atoms with Crippen LogP contribution in [0, 0.1) is 19.7 Å². The smallest absolute Gasteiger partial charge is 0.243 e. The van der Waals surface area contributed by atoms with E-state index in [2.05, 4.69) is 20.1 Å². The molecule has 0 amide bonds. The monoisotopic (exact) mass is 403 g/mol. The van der Waals surface area contributed by atoms with Crippen molar-refractivity contribution in [2.45, 2.75) is 31.1 Å². The Morgan fingerprint density at radius 1 is 1.29 bits per heavy atom. The summed E-state index contributed by atoms with van der Waals surface area (Å²) in [5, 5.41) is 3.92. The van der Waals surface area contributed by atoms with Gasteiger partial charge in [0.25, 0.3) is 0 Å². The van der Waals surface area contributed by atoms with Gasteiger partial charge in [-0.15, -0.1) is 0 Å². The SMILES string of the molecule is Cc1nc(-c2cncnc2[C@H]2CCN(S(=O)(=O)c3ccc(F)c(C)c3)C2)no1. The van der Waals surface area contributed by atoms with Crippen LogP contribution in [0.5, 0.6) is 0 Å². The lowest BCUT2D eigenvalue weighted by atomic mass is 10.00. The molecule has 0 bridgehead atoms. The molecule has 4 rings (SSSR count). The van der Waals surface area contributed by atoms with Gasteiger partial charge in [-0.25, -0.2) is 22.8 Å². The van der Waals surface area contributed by atoms with Crippen LogP contribution in [0.25, 0.3) is 11.4 Å². The van der Waals surface area contributed by atoms with E-state index in [-0.39, 0.29) is 17.4 Å². The van der Waals surface area contributed by atoms with E-state index in [9.17, 15) is 12.8 Å². The molecule has 146 valence electrons. The van der Waals surface area contributed by atoms with Gasteiger partial charge in [0.15, 0.2) is 0 Å². The summed E-state index contributed by atoms with van der Waals surface area (Å²) in [6, 6.07) is 3.83. The Kier molecular flexibility index (Phi) is 4.68. The molecule has 1 fully saturated rings. The number of sulfonamides is 1. The molecule has 28 heavy (non-hydrogen) atoms. The number of benzene rings is 1. The Morgan fingerprint density at radius 3 is 2.82 bits per heavy atom. The first-order valence-electron chi connectivity index (χ1n) is 8.73. The van der Waals surface area contributed by atoms with E-state index < -0.39 is 15.8 Å². The highest BCUT2D eigenvalue weighted by Gasteiger charge is 2.35. The second kappa shape index (κ2) is 7.02. The number of hydrogen-bond donors (Lipinski definition) is 0. The standard InChI is InChI=1S/C18H18FN5O3S/c1-11-7-14(3-4-16(11)19)28(25,26)24-6-5-13(9-24)17-15(8-20-10-21-17)18-22-12(2)27-23-18/h3-4,7-8,10,13H,5-6,9H2,1-2H3/t13-/m0/s1. The van der Waals surface area contributed by atoms with Gasteiger partial charge in [-0.2, -0.15) is 9.29 Å². The van der Waals surface area contributed by atoms with Crippen LogP contribution in [0.2, 0.25) is 0 Å². The summed E-state index contributed by atoms with van der Waals surface area (Å²) in [5.41, 5.74) is 1.60. The minimum Gasteiger partial charge on any atom is -0.339 e. The predicted octanol–water partition coefficient (Wildman–Crippen LogP) is 2.46. The maximum atomic E-state index is 13.5. The first kappa shape index (κ1) is 18.6. The van der Waals surface area contributed by atoms with Gasteiger partial charge in [0, 0.05) is 32.1 Å². The summed E-state index contributed by atoms with van der Waals surface area (Å²) in [4.78, 5) is 12.7. The van der Waals surface area contributed by atoms with Crippen LogP contribution in [-0.4, -0.2) is 45.9 Å². The largest absolute Gasteiger partial charge is 0.339 e. The highest BCUT2D eigenvalue weighted by molar-refractivity contribution is 7.89. The van der Waals surface area contributed by atoms with Crippen molar-refractivity contribution in [1.29, 1.82) is 0 Å². The van der Waals surface area contributed by atoms with E-state index in [1.54, 1.807) is 20.0 Å². The molecule has 10 heteroatoms.